The molecular formula is C10H19N3O3S. The van der Waals surface area contributed by atoms with E-state index in [1.165, 1.54) is 0 Å². The Morgan fingerprint density at radius 2 is 1.88 bits per heavy atom. The van der Waals surface area contributed by atoms with E-state index < -0.39 is 15.6 Å². The zero-order chi connectivity index (χ0) is 12.7. The lowest BCUT2D eigenvalue weighted by Crippen LogP contribution is -2.51. The Bertz CT molecular complexity index is 409. The van der Waals surface area contributed by atoms with Crippen LogP contribution >= 0.6 is 0 Å². The lowest BCUT2D eigenvalue weighted by Gasteiger charge is -2.33. The smallest absolute Gasteiger partial charge is 0.242 e. The lowest BCUT2D eigenvalue weighted by atomic mass is 10.0. The molecule has 0 aromatic heterocycles. The number of carbonyl (C=O) groups is 1. The normalized spacial score (nSPS) is 24.7. The molecule has 2 rings (SSSR count). The highest BCUT2D eigenvalue weighted by atomic mass is 32.2. The first-order chi connectivity index (χ1) is 7.80. The number of amides is 1. The van der Waals surface area contributed by atoms with Gasteiger partial charge in [0.25, 0.3) is 0 Å². The summed E-state index contributed by atoms with van der Waals surface area (Å²) in [5.74, 6) is 0.0234. The minimum atomic E-state index is -3.16. The summed E-state index contributed by atoms with van der Waals surface area (Å²) in [5.41, 5.74) is 5.24. The lowest BCUT2D eigenvalue weighted by molar-refractivity contribution is -0.134. The van der Waals surface area contributed by atoms with Gasteiger partial charge < -0.3 is 10.6 Å². The molecule has 0 bridgehead atoms. The third-order valence-electron chi connectivity index (χ3n) is 3.38. The van der Waals surface area contributed by atoms with Gasteiger partial charge in [-0.1, -0.05) is 0 Å². The van der Waals surface area contributed by atoms with Gasteiger partial charge in [0.2, 0.25) is 15.9 Å². The van der Waals surface area contributed by atoms with Crippen molar-refractivity contribution >= 4 is 15.9 Å². The molecular weight excluding hydrogens is 242 g/mol. The quantitative estimate of drug-likeness (QED) is 0.683. The molecule has 0 spiro atoms. The third-order valence-corrected chi connectivity index (χ3v) is 4.14. The molecule has 17 heavy (non-hydrogen) atoms. The highest BCUT2D eigenvalue weighted by Gasteiger charge is 2.48. The predicted molar refractivity (Wildman–Crippen MR) is 63.7 cm³/mol. The van der Waals surface area contributed by atoms with Crippen molar-refractivity contribution in [1.29, 1.82) is 0 Å². The summed E-state index contributed by atoms with van der Waals surface area (Å²) >= 11 is 0. The largest absolute Gasteiger partial charge is 0.341 e. The van der Waals surface area contributed by atoms with E-state index >= 15 is 0 Å². The van der Waals surface area contributed by atoms with Gasteiger partial charge in [-0.2, -0.15) is 0 Å². The zero-order valence-corrected chi connectivity index (χ0v) is 10.8. The maximum absolute atomic E-state index is 11.9. The van der Waals surface area contributed by atoms with Crippen molar-refractivity contribution in [2.24, 2.45) is 5.73 Å². The predicted octanol–water partition coefficient (Wildman–Crippen LogP) is -0.982. The van der Waals surface area contributed by atoms with Crippen molar-refractivity contribution in [3.63, 3.8) is 0 Å². The topological polar surface area (TPSA) is 92.5 Å². The second-order valence-electron chi connectivity index (χ2n) is 5.11. The molecule has 1 saturated heterocycles. The number of nitrogens with two attached hydrogens (primary N) is 1. The molecule has 1 aliphatic carbocycles. The van der Waals surface area contributed by atoms with Crippen LogP contribution in [0.5, 0.6) is 0 Å². The summed E-state index contributed by atoms with van der Waals surface area (Å²) in [5, 5.41) is 0. The van der Waals surface area contributed by atoms with Crippen LogP contribution in [0.4, 0.5) is 0 Å². The van der Waals surface area contributed by atoms with Gasteiger partial charge in [-0.05, 0) is 25.7 Å². The van der Waals surface area contributed by atoms with Crippen LogP contribution in [-0.4, -0.2) is 50.2 Å². The molecule has 0 atom stereocenters. The molecule has 1 saturated carbocycles. The minimum absolute atomic E-state index is 0.0234. The van der Waals surface area contributed by atoms with Gasteiger partial charge in [0, 0.05) is 19.1 Å². The van der Waals surface area contributed by atoms with Gasteiger partial charge in [0.15, 0.2) is 0 Å². The summed E-state index contributed by atoms with van der Waals surface area (Å²) in [7, 11) is -3.16. The summed E-state index contributed by atoms with van der Waals surface area (Å²) < 4.78 is 24.7. The van der Waals surface area contributed by atoms with Gasteiger partial charge in [0.1, 0.15) is 0 Å². The fourth-order valence-corrected chi connectivity index (χ4v) is 3.01. The number of sulfonamides is 1. The number of nitrogens with zero attached hydrogens (tertiary/aromatic N) is 1. The number of nitrogens with one attached hydrogen (secondary N) is 1. The second kappa shape index (κ2) is 4.22. The van der Waals surface area contributed by atoms with E-state index in [4.69, 9.17) is 5.73 Å². The Labute approximate surface area is 102 Å². The Morgan fingerprint density at radius 3 is 2.29 bits per heavy atom. The maximum atomic E-state index is 11.9. The standard InChI is InChI=1S/C10H19N3O3S/c1-17(15,16)12-8-2-6-13(7-3-8)9(14)10(11)4-5-10/h8,12H,2-7,11H2,1H3. The molecule has 1 amide bonds. The molecule has 2 fully saturated rings. The van der Waals surface area contributed by atoms with Crippen molar-refractivity contribution in [2.45, 2.75) is 37.3 Å². The Morgan fingerprint density at radius 1 is 1.35 bits per heavy atom. The van der Waals surface area contributed by atoms with Crippen LogP contribution in [0.2, 0.25) is 0 Å². The molecule has 1 aliphatic heterocycles. The molecule has 0 aromatic rings. The molecule has 0 unspecified atom stereocenters. The summed E-state index contributed by atoms with van der Waals surface area (Å²) in [6.45, 7) is 1.18. The maximum Gasteiger partial charge on any atom is 0.242 e. The highest BCUT2D eigenvalue weighted by molar-refractivity contribution is 7.88. The second-order valence-corrected chi connectivity index (χ2v) is 6.89. The van der Waals surface area contributed by atoms with Crippen LogP contribution in [0.25, 0.3) is 0 Å². The van der Waals surface area contributed by atoms with Crippen molar-refractivity contribution < 1.29 is 13.2 Å². The number of likely N-dealkylation sites (tertiary alicyclic amines) is 1. The van der Waals surface area contributed by atoms with Crippen molar-refractivity contribution in [3.8, 4) is 0 Å². The van der Waals surface area contributed by atoms with Crippen LogP contribution < -0.4 is 10.5 Å². The fourth-order valence-electron chi connectivity index (χ4n) is 2.17. The average Bonchev–Trinajstić information content (AvgIpc) is 2.96. The Hall–Kier alpha value is -0.660. The molecule has 98 valence electrons. The first-order valence-electron chi connectivity index (χ1n) is 5.86. The number of hydrogen-bond acceptors (Lipinski definition) is 4. The molecule has 7 heteroatoms. The molecule has 1 heterocycles. The van der Waals surface area contributed by atoms with Crippen LogP contribution in [0.3, 0.4) is 0 Å². The molecule has 6 nitrogen and oxygen atoms in total. The fraction of sp³-hybridized carbons (Fsp3) is 0.900. The number of hydrogen-bond donors (Lipinski definition) is 2. The van der Waals surface area contributed by atoms with Crippen LogP contribution in [0.15, 0.2) is 0 Å². The zero-order valence-electron chi connectivity index (χ0n) is 9.98. The van der Waals surface area contributed by atoms with E-state index in [0.717, 1.165) is 19.1 Å². The number of rotatable bonds is 3. The summed E-state index contributed by atoms with van der Waals surface area (Å²) in [4.78, 5) is 13.7. The summed E-state index contributed by atoms with van der Waals surface area (Å²) in [6.07, 6.45) is 4.02. The van der Waals surface area contributed by atoms with Gasteiger partial charge in [0.05, 0.1) is 11.8 Å². The van der Waals surface area contributed by atoms with E-state index in [2.05, 4.69) is 4.72 Å². The van der Waals surface area contributed by atoms with E-state index in [-0.39, 0.29) is 11.9 Å². The third kappa shape index (κ3) is 3.17. The van der Waals surface area contributed by atoms with Crippen molar-refractivity contribution in [2.75, 3.05) is 19.3 Å². The van der Waals surface area contributed by atoms with Crippen LogP contribution in [0, 0.1) is 0 Å². The van der Waals surface area contributed by atoms with Gasteiger partial charge >= 0.3 is 0 Å². The van der Waals surface area contributed by atoms with Gasteiger partial charge in [-0.15, -0.1) is 0 Å². The van der Waals surface area contributed by atoms with Crippen LogP contribution in [0.1, 0.15) is 25.7 Å². The van der Waals surface area contributed by atoms with E-state index in [1.54, 1.807) is 4.90 Å². The van der Waals surface area contributed by atoms with E-state index in [9.17, 15) is 13.2 Å². The first kappa shape index (κ1) is 12.8. The van der Waals surface area contributed by atoms with Crippen LogP contribution in [-0.2, 0) is 14.8 Å². The molecule has 0 radical (unpaired) electrons. The van der Waals surface area contributed by atoms with Gasteiger partial charge in [-0.3, -0.25) is 4.79 Å². The molecule has 0 aromatic carbocycles. The van der Waals surface area contributed by atoms with Crippen molar-refractivity contribution in [3.05, 3.63) is 0 Å². The van der Waals surface area contributed by atoms with Crippen molar-refractivity contribution in [1.82, 2.24) is 9.62 Å². The molecule has 3 N–H and O–H groups in total. The first-order valence-corrected chi connectivity index (χ1v) is 7.75. The Kier molecular flexibility index (Phi) is 3.17. The minimum Gasteiger partial charge on any atom is -0.341 e. The average molecular weight is 261 g/mol. The monoisotopic (exact) mass is 261 g/mol. The van der Waals surface area contributed by atoms with Gasteiger partial charge in [-0.25, -0.2) is 13.1 Å². The van der Waals surface area contributed by atoms with E-state index in [0.29, 0.717) is 25.9 Å². The highest BCUT2D eigenvalue weighted by Crippen LogP contribution is 2.34. The Balaban J connectivity index is 1.84. The molecule has 2 aliphatic rings. The number of piperidine rings is 1. The number of carbonyl (C=O) groups excluding carboxylic acids is 1. The SMILES string of the molecule is CS(=O)(=O)NC1CCN(C(=O)C2(N)CC2)CC1. The van der Waals surface area contributed by atoms with E-state index in [1.807, 2.05) is 0 Å². The summed E-state index contributed by atoms with van der Waals surface area (Å²) in [6, 6.07) is -0.0537.